The largest absolute Gasteiger partial charge is 0.378 e. The van der Waals surface area contributed by atoms with Crippen LogP contribution in [-0.2, 0) is 4.74 Å². The van der Waals surface area contributed by atoms with Gasteiger partial charge in [-0.2, -0.15) is 0 Å². The van der Waals surface area contributed by atoms with Crippen molar-refractivity contribution in [1.29, 1.82) is 0 Å². The van der Waals surface area contributed by atoms with Crippen LogP contribution in [0.3, 0.4) is 0 Å². The molecular weight excluding hydrogens is 224 g/mol. The van der Waals surface area contributed by atoms with Crippen molar-refractivity contribution in [3.05, 3.63) is 0 Å². The Morgan fingerprint density at radius 3 is 2.61 bits per heavy atom. The maximum Gasteiger partial charge on any atom is 0.0645 e. The molecule has 1 rings (SSSR count). The summed E-state index contributed by atoms with van der Waals surface area (Å²) in [4.78, 5) is 2.61. The normalized spacial score (nSPS) is 22.3. The van der Waals surface area contributed by atoms with Gasteiger partial charge in [0.1, 0.15) is 0 Å². The molecule has 1 atom stereocenters. The number of nitrogens with one attached hydrogen (secondary N) is 1. The van der Waals surface area contributed by atoms with Crippen LogP contribution in [-0.4, -0.2) is 49.3 Å². The molecule has 1 aliphatic heterocycles. The van der Waals surface area contributed by atoms with Crippen molar-refractivity contribution < 1.29 is 4.74 Å². The molecule has 1 aliphatic rings. The number of morpholine rings is 1. The minimum absolute atomic E-state index is 0.197. The second-order valence-corrected chi connectivity index (χ2v) is 6.65. The third-order valence-corrected chi connectivity index (χ3v) is 3.77. The number of hydrogen-bond acceptors (Lipinski definition) is 3. The maximum atomic E-state index is 5.58. The van der Waals surface area contributed by atoms with E-state index in [9.17, 15) is 0 Å². The molecule has 0 spiro atoms. The van der Waals surface area contributed by atoms with Crippen LogP contribution >= 0.6 is 0 Å². The highest BCUT2D eigenvalue weighted by molar-refractivity contribution is 4.87. The molecule has 0 bridgehead atoms. The summed E-state index contributed by atoms with van der Waals surface area (Å²) < 4.78 is 5.58. The van der Waals surface area contributed by atoms with Crippen LogP contribution in [0.2, 0.25) is 0 Å². The Balaban J connectivity index is 2.21. The summed E-state index contributed by atoms with van der Waals surface area (Å²) in [7, 11) is 0. The van der Waals surface area contributed by atoms with Gasteiger partial charge in [0.15, 0.2) is 0 Å². The zero-order valence-electron chi connectivity index (χ0n) is 13.0. The minimum atomic E-state index is 0.197. The summed E-state index contributed by atoms with van der Waals surface area (Å²) in [5.41, 5.74) is 0.197. The van der Waals surface area contributed by atoms with Gasteiger partial charge in [-0.3, -0.25) is 4.90 Å². The molecule has 0 aliphatic carbocycles. The average molecular weight is 256 g/mol. The van der Waals surface area contributed by atoms with Gasteiger partial charge in [-0.05, 0) is 52.6 Å². The molecule has 3 heteroatoms. The molecule has 0 aromatic carbocycles. The van der Waals surface area contributed by atoms with Crippen molar-refractivity contribution in [1.82, 2.24) is 10.2 Å². The predicted molar refractivity (Wildman–Crippen MR) is 78.0 cm³/mol. The summed E-state index contributed by atoms with van der Waals surface area (Å²) in [5.74, 6) is 0.751. The first-order valence-corrected chi connectivity index (χ1v) is 7.48. The Morgan fingerprint density at radius 1 is 1.28 bits per heavy atom. The highest BCUT2D eigenvalue weighted by atomic mass is 16.5. The van der Waals surface area contributed by atoms with E-state index < -0.39 is 0 Å². The van der Waals surface area contributed by atoms with Crippen LogP contribution in [0, 0.1) is 5.92 Å². The molecule has 18 heavy (non-hydrogen) atoms. The van der Waals surface area contributed by atoms with Crippen LogP contribution in [0.1, 0.15) is 47.5 Å². The van der Waals surface area contributed by atoms with Gasteiger partial charge in [-0.1, -0.05) is 13.8 Å². The average Bonchev–Trinajstić information content (AvgIpc) is 2.27. The standard InChI is InChI=1S/C15H32N2O/c1-13(2)11-16-8-6-7-14(3)17-9-10-18-12-15(17,4)5/h13-14,16H,6-12H2,1-5H3. The lowest BCUT2D eigenvalue weighted by atomic mass is 9.98. The van der Waals surface area contributed by atoms with Gasteiger partial charge < -0.3 is 10.1 Å². The summed E-state index contributed by atoms with van der Waals surface area (Å²) in [6.45, 7) is 16.6. The third kappa shape index (κ3) is 5.25. The van der Waals surface area contributed by atoms with Crippen LogP contribution in [0.15, 0.2) is 0 Å². The van der Waals surface area contributed by atoms with E-state index in [2.05, 4.69) is 44.8 Å². The quantitative estimate of drug-likeness (QED) is 0.708. The summed E-state index contributed by atoms with van der Waals surface area (Å²) in [6, 6.07) is 0.657. The second kappa shape index (κ2) is 7.46. The fourth-order valence-corrected chi connectivity index (χ4v) is 2.76. The molecule has 3 nitrogen and oxygen atoms in total. The molecule has 0 radical (unpaired) electrons. The Labute approximate surface area is 113 Å². The Morgan fingerprint density at radius 2 is 2.00 bits per heavy atom. The molecule has 1 heterocycles. The Hall–Kier alpha value is -0.120. The zero-order valence-corrected chi connectivity index (χ0v) is 13.0. The smallest absolute Gasteiger partial charge is 0.0645 e. The molecule has 1 N–H and O–H groups in total. The van der Waals surface area contributed by atoms with E-state index >= 15 is 0 Å². The van der Waals surface area contributed by atoms with Gasteiger partial charge >= 0.3 is 0 Å². The SMILES string of the molecule is CC(C)CNCCCC(C)N1CCOCC1(C)C. The molecule has 0 aromatic rings. The van der Waals surface area contributed by atoms with E-state index in [1.807, 2.05) is 0 Å². The second-order valence-electron chi connectivity index (χ2n) is 6.65. The molecule has 108 valence electrons. The Kier molecular flexibility index (Phi) is 6.61. The monoisotopic (exact) mass is 256 g/mol. The van der Waals surface area contributed by atoms with Gasteiger partial charge in [0.05, 0.1) is 13.2 Å². The van der Waals surface area contributed by atoms with Crippen molar-refractivity contribution in [2.24, 2.45) is 5.92 Å². The predicted octanol–water partition coefficient (Wildman–Crippen LogP) is 2.51. The van der Waals surface area contributed by atoms with Crippen LogP contribution in [0.25, 0.3) is 0 Å². The van der Waals surface area contributed by atoms with Crippen LogP contribution in [0.4, 0.5) is 0 Å². The van der Waals surface area contributed by atoms with E-state index in [0.29, 0.717) is 6.04 Å². The molecule has 0 aromatic heterocycles. The molecule has 0 amide bonds. The molecular formula is C15H32N2O. The van der Waals surface area contributed by atoms with Crippen LogP contribution in [0.5, 0.6) is 0 Å². The van der Waals surface area contributed by atoms with Gasteiger partial charge in [-0.25, -0.2) is 0 Å². The Bertz CT molecular complexity index is 229. The lowest BCUT2D eigenvalue weighted by Crippen LogP contribution is -2.56. The van der Waals surface area contributed by atoms with E-state index in [-0.39, 0.29) is 5.54 Å². The van der Waals surface area contributed by atoms with Crippen molar-refractivity contribution in [2.45, 2.75) is 59.0 Å². The number of nitrogens with zero attached hydrogens (tertiary/aromatic N) is 1. The van der Waals surface area contributed by atoms with Gasteiger partial charge in [0.2, 0.25) is 0 Å². The third-order valence-electron chi connectivity index (χ3n) is 3.77. The van der Waals surface area contributed by atoms with E-state index in [4.69, 9.17) is 4.74 Å². The van der Waals surface area contributed by atoms with E-state index in [1.54, 1.807) is 0 Å². The molecule has 1 saturated heterocycles. The number of hydrogen-bond donors (Lipinski definition) is 1. The first-order valence-electron chi connectivity index (χ1n) is 7.48. The zero-order chi connectivity index (χ0) is 13.6. The molecule has 1 unspecified atom stereocenters. The number of ether oxygens (including phenoxy) is 1. The fourth-order valence-electron chi connectivity index (χ4n) is 2.76. The fraction of sp³-hybridized carbons (Fsp3) is 1.00. The topological polar surface area (TPSA) is 24.5 Å². The lowest BCUT2D eigenvalue weighted by Gasteiger charge is -2.45. The van der Waals surface area contributed by atoms with Crippen molar-refractivity contribution >= 4 is 0 Å². The summed E-state index contributed by atoms with van der Waals surface area (Å²) in [6.07, 6.45) is 2.54. The van der Waals surface area contributed by atoms with E-state index in [1.165, 1.54) is 12.8 Å². The summed E-state index contributed by atoms with van der Waals surface area (Å²) in [5, 5.41) is 3.52. The number of rotatable bonds is 7. The van der Waals surface area contributed by atoms with Crippen molar-refractivity contribution in [3.8, 4) is 0 Å². The molecule has 0 saturated carbocycles. The highest BCUT2D eigenvalue weighted by Gasteiger charge is 2.33. The van der Waals surface area contributed by atoms with E-state index in [0.717, 1.165) is 38.8 Å². The van der Waals surface area contributed by atoms with Crippen molar-refractivity contribution in [2.75, 3.05) is 32.8 Å². The minimum Gasteiger partial charge on any atom is -0.378 e. The van der Waals surface area contributed by atoms with Gasteiger partial charge in [-0.15, -0.1) is 0 Å². The first kappa shape index (κ1) is 15.9. The maximum absolute atomic E-state index is 5.58. The van der Waals surface area contributed by atoms with Crippen molar-refractivity contribution in [3.63, 3.8) is 0 Å². The summed E-state index contributed by atoms with van der Waals surface area (Å²) >= 11 is 0. The van der Waals surface area contributed by atoms with Gasteiger partial charge in [0.25, 0.3) is 0 Å². The lowest BCUT2D eigenvalue weighted by molar-refractivity contribution is -0.0701. The highest BCUT2D eigenvalue weighted by Crippen LogP contribution is 2.23. The first-order chi connectivity index (χ1) is 8.43. The van der Waals surface area contributed by atoms with Gasteiger partial charge in [0, 0.05) is 18.1 Å². The van der Waals surface area contributed by atoms with Crippen LogP contribution < -0.4 is 5.32 Å². The molecule has 1 fully saturated rings.